The molecule has 2 aromatic heterocycles. The summed E-state index contributed by atoms with van der Waals surface area (Å²) in [6.45, 7) is 0.578. The van der Waals surface area contributed by atoms with Crippen LogP contribution in [0.15, 0.2) is 82.6 Å². The van der Waals surface area contributed by atoms with E-state index in [1.165, 1.54) is 11.3 Å². The van der Waals surface area contributed by atoms with Gasteiger partial charge in [-0.1, -0.05) is 66.7 Å². The van der Waals surface area contributed by atoms with Crippen LogP contribution in [0.4, 0.5) is 19.0 Å². The largest absolute Gasteiger partial charge is 0.410 e. The molecule has 1 amide bonds. The van der Waals surface area contributed by atoms with Crippen molar-refractivity contribution >= 4 is 39.0 Å². The van der Waals surface area contributed by atoms with Crippen molar-refractivity contribution in [1.82, 2.24) is 14.7 Å². The minimum atomic E-state index is -4.52. The van der Waals surface area contributed by atoms with E-state index >= 15 is 0 Å². The Hall–Kier alpha value is -3.11. The molecule has 1 N–H and O–H groups in total. The van der Waals surface area contributed by atoms with E-state index in [0.29, 0.717) is 0 Å². The predicted molar refractivity (Wildman–Crippen MR) is 137 cm³/mol. The Morgan fingerprint density at radius 2 is 1.64 bits per heavy atom. The second-order valence-electron chi connectivity index (χ2n) is 8.59. The van der Waals surface area contributed by atoms with Crippen LogP contribution in [-0.2, 0) is 13.1 Å². The van der Waals surface area contributed by atoms with Crippen LogP contribution < -0.4 is 5.32 Å². The predicted octanol–water partition coefficient (Wildman–Crippen LogP) is 7.21. The van der Waals surface area contributed by atoms with Gasteiger partial charge < -0.3 is 10.2 Å². The number of carbonyl (C=O) groups excluding carboxylic acids is 1. The second kappa shape index (κ2) is 10.1. The van der Waals surface area contributed by atoms with E-state index in [9.17, 15) is 18.0 Å². The first-order valence-corrected chi connectivity index (χ1v) is 13.0. The molecular formula is C26H22BrF3N4OS. The first-order valence-electron chi connectivity index (χ1n) is 11.3. The molecule has 0 saturated heterocycles. The standard InChI is InChI=1S/C26H22BrF3N4OS/c27-22-23(25(35)33(15-17-8-3-1-4-9-17)16-18-10-5-2-6-11-18)32-34-21(26(28,29)30)14-19(31-24(22)34)20-12-7-13-36-20/h1-13,19,21,31H,14-16H2/t19-,21-/m0/s1. The zero-order valence-corrected chi connectivity index (χ0v) is 21.4. The fourth-order valence-corrected chi connectivity index (χ4v) is 5.69. The number of anilines is 1. The maximum absolute atomic E-state index is 14.1. The van der Waals surface area contributed by atoms with Gasteiger partial charge in [-0.15, -0.1) is 11.3 Å². The van der Waals surface area contributed by atoms with Crippen LogP contribution in [0.25, 0.3) is 0 Å². The Bertz CT molecular complexity index is 1290. The van der Waals surface area contributed by atoms with Crippen LogP contribution in [0.1, 0.15) is 45.0 Å². The summed E-state index contributed by atoms with van der Waals surface area (Å²) in [6.07, 6.45) is -4.73. The third-order valence-corrected chi connectivity index (χ3v) is 7.84. The van der Waals surface area contributed by atoms with Crippen molar-refractivity contribution in [3.8, 4) is 0 Å². The quantitative estimate of drug-likeness (QED) is 0.264. The Kier molecular flexibility index (Phi) is 6.90. The fraction of sp³-hybridized carbons (Fsp3) is 0.231. The van der Waals surface area contributed by atoms with Crippen LogP contribution in [-0.4, -0.2) is 26.8 Å². The van der Waals surface area contributed by atoms with Crippen LogP contribution in [0.2, 0.25) is 0 Å². The summed E-state index contributed by atoms with van der Waals surface area (Å²) in [5.41, 5.74) is 1.77. The number of fused-ring (bicyclic) bond motifs is 1. The summed E-state index contributed by atoms with van der Waals surface area (Å²) < 4.78 is 43.5. The molecule has 0 saturated carbocycles. The molecule has 2 aromatic carbocycles. The highest BCUT2D eigenvalue weighted by Crippen LogP contribution is 2.47. The first kappa shape index (κ1) is 24.6. The Labute approximate surface area is 218 Å². The summed E-state index contributed by atoms with van der Waals surface area (Å²) in [7, 11) is 0. The van der Waals surface area contributed by atoms with Gasteiger partial charge in [-0.25, -0.2) is 4.68 Å². The molecule has 186 valence electrons. The number of carbonyl (C=O) groups is 1. The summed E-state index contributed by atoms with van der Waals surface area (Å²) in [6, 6.07) is 20.2. The van der Waals surface area contributed by atoms with E-state index in [1.54, 1.807) is 4.90 Å². The number of rotatable bonds is 6. The van der Waals surface area contributed by atoms with E-state index in [1.807, 2.05) is 78.2 Å². The maximum atomic E-state index is 14.1. The van der Waals surface area contributed by atoms with Crippen molar-refractivity contribution in [2.45, 2.75) is 37.8 Å². The van der Waals surface area contributed by atoms with Crippen molar-refractivity contribution in [2.75, 3.05) is 5.32 Å². The van der Waals surface area contributed by atoms with Crippen LogP contribution in [0, 0.1) is 0 Å². The molecule has 36 heavy (non-hydrogen) atoms. The van der Waals surface area contributed by atoms with Gasteiger partial charge in [0.05, 0.1) is 10.5 Å². The van der Waals surface area contributed by atoms with E-state index in [2.05, 4.69) is 26.3 Å². The van der Waals surface area contributed by atoms with Gasteiger partial charge in [-0.05, 0) is 38.5 Å². The van der Waals surface area contributed by atoms with Gasteiger partial charge in [-0.2, -0.15) is 18.3 Å². The number of alkyl halides is 3. The van der Waals surface area contributed by atoms with Crippen LogP contribution in [0.3, 0.4) is 0 Å². The van der Waals surface area contributed by atoms with Crippen molar-refractivity contribution < 1.29 is 18.0 Å². The van der Waals surface area contributed by atoms with Crippen LogP contribution >= 0.6 is 27.3 Å². The molecule has 0 unspecified atom stereocenters. The topological polar surface area (TPSA) is 50.2 Å². The number of halogens is 4. The first-order chi connectivity index (χ1) is 17.3. The number of hydrogen-bond acceptors (Lipinski definition) is 4. The highest BCUT2D eigenvalue weighted by molar-refractivity contribution is 9.10. The number of benzene rings is 2. The summed E-state index contributed by atoms with van der Waals surface area (Å²) >= 11 is 4.80. The van der Waals surface area contributed by atoms with Crippen molar-refractivity contribution in [3.63, 3.8) is 0 Å². The smallest absolute Gasteiger partial charge is 0.362 e. The summed E-state index contributed by atoms with van der Waals surface area (Å²) in [5.74, 6) is -0.295. The van der Waals surface area contributed by atoms with Gasteiger partial charge in [-0.3, -0.25) is 4.79 Å². The molecule has 0 aliphatic carbocycles. The molecule has 0 bridgehead atoms. The molecule has 1 aliphatic rings. The van der Waals surface area contributed by atoms with E-state index in [-0.39, 0.29) is 35.5 Å². The van der Waals surface area contributed by atoms with Crippen molar-refractivity contribution in [1.29, 1.82) is 0 Å². The zero-order chi connectivity index (χ0) is 25.3. The molecule has 0 fully saturated rings. The lowest BCUT2D eigenvalue weighted by atomic mass is 10.0. The summed E-state index contributed by atoms with van der Waals surface area (Å²) in [4.78, 5) is 16.2. The lowest BCUT2D eigenvalue weighted by molar-refractivity contribution is -0.173. The highest BCUT2D eigenvalue weighted by Gasteiger charge is 2.48. The van der Waals surface area contributed by atoms with Gasteiger partial charge in [0.1, 0.15) is 5.82 Å². The number of hydrogen-bond donors (Lipinski definition) is 1. The SMILES string of the molecule is O=C(c1nn2c(c1Br)N[C@H](c1cccs1)C[C@H]2C(F)(F)F)N(Cc1ccccc1)Cc1ccccc1. The molecule has 5 rings (SSSR count). The second-order valence-corrected chi connectivity index (χ2v) is 10.4. The Balaban J connectivity index is 1.52. The molecule has 10 heteroatoms. The third-order valence-electron chi connectivity index (χ3n) is 6.10. The zero-order valence-electron chi connectivity index (χ0n) is 19.0. The Morgan fingerprint density at radius 1 is 1.03 bits per heavy atom. The number of nitrogens with zero attached hydrogens (tertiary/aromatic N) is 3. The molecular weight excluding hydrogens is 553 g/mol. The molecule has 1 aliphatic heterocycles. The van der Waals surface area contributed by atoms with Gasteiger partial charge in [0.15, 0.2) is 11.7 Å². The lowest BCUT2D eigenvalue weighted by Crippen LogP contribution is -2.35. The monoisotopic (exact) mass is 574 g/mol. The van der Waals surface area contributed by atoms with E-state index in [4.69, 9.17) is 0 Å². The van der Waals surface area contributed by atoms with Gasteiger partial charge in [0.25, 0.3) is 5.91 Å². The minimum Gasteiger partial charge on any atom is -0.362 e. The van der Waals surface area contributed by atoms with Gasteiger partial charge in [0, 0.05) is 24.4 Å². The number of thiophene rings is 1. The van der Waals surface area contributed by atoms with Crippen molar-refractivity contribution in [3.05, 3.63) is 104 Å². The molecule has 2 atom stereocenters. The van der Waals surface area contributed by atoms with E-state index in [0.717, 1.165) is 20.7 Å². The summed E-state index contributed by atoms with van der Waals surface area (Å²) in [5, 5.41) is 9.23. The number of amides is 1. The normalized spacial score (nSPS) is 17.3. The molecule has 0 spiro atoms. The van der Waals surface area contributed by atoms with Crippen LogP contribution in [0.5, 0.6) is 0 Å². The minimum absolute atomic E-state index is 0.0505. The third kappa shape index (κ3) is 5.05. The molecule has 3 heterocycles. The number of nitrogens with one attached hydrogen (secondary N) is 1. The molecule has 4 aromatic rings. The Morgan fingerprint density at radius 3 is 2.17 bits per heavy atom. The van der Waals surface area contributed by atoms with E-state index < -0.39 is 24.2 Å². The van der Waals surface area contributed by atoms with Gasteiger partial charge in [0.2, 0.25) is 0 Å². The van der Waals surface area contributed by atoms with Crippen molar-refractivity contribution in [2.24, 2.45) is 0 Å². The number of aromatic nitrogens is 2. The lowest BCUT2D eigenvalue weighted by Gasteiger charge is -2.33. The average Bonchev–Trinajstić information content (AvgIpc) is 3.52. The fourth-order valence-electron chi connectivity index (χ4n) is 4.36. The molecule has 0 radical (unpaired) electrons. The maximum Gasteiger partial charge on any atom is 0.410 e. The van der Waals surface area contributed by atoms with Gasteiger partial charge >= 0.3 is 6.18 Å². The highest BCUT2D eigenvalue weighted by atomic mass is 79.9. The molecule has 5 nitrogen and oxygen atoms in total. The average molecular weight is 575 g/mol.